The molecule has 22 heavy (non-hydrogen) atoms. The highest BCUT2D eigenvalue weighted by Gasteiger charge is 2.18. The molecule has 4 heteroatoms. The molecule has 0 atom stereocenters. The molecule has 0 radical (unpaired) electrons. The fourth-order valence-electron chi connectivity index (χ4n) is 2.79. The van der Waals surface area contributed by atoms with Crippen LogP contribution in [-0.4, -0.2) is 23.4 Å². The van der Waals surface area contributed by atoms with Gasteiger partial charge >= 0.3 is 0 Å². The van der Waals surface area contributed by atoms with Gasteiger partial charge in [0.15, 0.2) is 11.5 Å². The number of rotatable bonds is 2. The lowest BCUT2D eigenvalue weighted by Crippen LogP contribution is -2.15. The summed E-state index contributed by atoms with van der Waals surface area (Å²) in [6.45, 7) is 3.23. The van der Waals surface area contributed by atoms with E-state index in [1.807, 2.05) is 37.3 Å². The molecular weight excluding hydrogens is 276 g/mol. The number of hydrogen-bond acceptors (Lipinski definition) is 3. The first kappa shape index (κ1) is 13.0. The molecule has 4 rings (SSSR count). The summed E-state index contributed by atoms with van der Waals surface area (Å²) in [4.78, 5) is 0. The maximum atomic E-state index is 5.69. The van der Waals surface area contributed by atoms with Crippen LogP contribution >= 0.6 is 0 Å². The molecule has 0 aliphatic carbocycles. The van der Waals surface area contributed by atoms with Crippen molar-refractivity contribution < 1.29 is 9.47 Å². The zero-order valence-corrected chi connectivity index (χ0v) is 12.3. The van der Waals surface area contributed by atoms with Crippen LogP contribution < -0.4 is 9.47 Å². The Morgan fingerprint density at radius 3 is 2.50 bits per heavy atom. The van der Waals surface area contributed by atoms with E-state index in [0.717, 1.165) is 39.6 Å². The minimum absolute atomic E-state index is 0.590. The zero-order valence-electron chi connectivity index (χ0n) is 12.3. The van der Waals surface area contributed by atoms with Gasteiger partial charge in [-0.3, -0.25) is 5.10 Å². The van der Waals surface area contributed by atoms with E-state index in [-0.39, 0.29) is 0 Å². The summed E-state index contributed by atoms with van der Waals surface area (Å²) in [5, 5.41) is 7.57. The first-order valence-corrected chi connectivity index (χ1v) is 7.33. The second-order valence-corrected chi connectivity index (χ2v) is 5.30. The third-order valence-corrected chi connectivity index (χ3v) is 3.83. The molecule has 0 fully saturated rings. The monoisotopic (exact) mass is 292 g/mol. The molecule has 1 aliphatic rings. The van der Waals surface area contributed by atoms with Gasteiger partial charge in [0, 0.05) is 16.8 Å². The van der Waals surface area contributed by atoms with E-state index < -0.39 is 0 Å². The van der Waals surface area contributed by atoms with Crippen LogP contribution in [0.25, 0.3) is 22.4 Å². The van der Waals surface area contributed by atoms with Gasteiger partial charge < -0.3 is 9.47 Å². The van der Waals surface area contributed by atoms with E-state index in [2.05, 4.69) is 28.4 Å². The summed E-state index contributed by atoms with van der Waals surface area (Å²) < 4.78 is 11.3. The molecule has 1 aliphatic heterocycles. The van der Waals surface area contributed by atoms with Crippen molar-refractivity contribution in [1.29, 1.82) is 0 Å². The summed E-state index contributed by atoms with van der Waals surface area (Å²) >= 11 is 0. The Morgan fingerprint density at radius 1 is 0.909 bits per heavy atom. The zero-order chi connectivity index (χ0) is 14.9. The summed E-state index contributed by atoms with van der Waals surface area (Å²) in [7, 11) is 0. The summed E-state index contributed by atoms with van der Waals surface area (Å²) in [5.74, 6) is 1.60. The number of nitrogens with one attached hydrogen (secondary N) is 1. The lowest BCUT2D eigenvalue weighted by Gasteiger charge is -2.19. The van der Waals surface area contributed by atoms with Crippen LogP contribution in [0.15, 0.2) is 48.5 Å². The smallest absolute Gasteiger partial charge is 0.161 e. The number of nitrogens with zero attached hydrogens (tertiary/aromatic N) is 1. The molecule has 2 aromatic carbocycles. The fraction of sp³-hybridized carbons (Fsp3) is 0.167. The Balaban J connectivity index is 1.85. The molecule has 0 saturated carbocycles. The molecule has 0 saturated heterocycles. The highest BCUT2D eigenvalue weighted by atomic mass is 16.6. The third kappa shape index (κ3) is 2.13. The normalized spacial score (nSPS) is 13.1. The lowest BCUT2D eigenvalue weighted by molar-refractivity contribution is 0.171. The van der Waals surface area contributed by atoms with Gasteiger partial charge in [-0.25, -0.2) is 0 Å². The van der Waals surface area contributed by atoms with Crippen molar-refractivity contribution in [2.75, 3.05) is 13.2 Å². The van der Waals surface area contributed by atoms with Gasteiger partial charge in [0.25, 0.3) is 0 Å². The number of fused-ring (bicyclic) bond motifs is 1. The van der Waals surface area contributed by atoms with E-state index in [1.54, 1.807) is 0 Å². The van der Waals surface area contributed by atoms with E-state index in [4.69, 9.17) is 9.47 Å². The number of H-pyrrole nitrogens is 1. The summed E-state index contributed by atoms with van der Waals surface area (Å²) in [6.07, 6.45) is 0. The number of benzene rings is 2. The molecule has 0 unspecified atom stereocenters. The van der Waals surface area contributed by atoms with Crippen molar-refractivity contribution in [1.82, 2.24) is 10.2 Å². The quantitative estimate of drug-likeness (QED) is 0.781. The minimum Gasteiger partial charge on any atom is -0.486 e. The topological polar surface area (TPSA) is 47.1 Å². The standard InChI is InChI=1S/C18H16N2O2/c1-12-17(18(20-19-12)13-5-3-2-4-6-13)14-7-8-15-16(11-14)22-10-9-21-15/h2-8,11H,9-10H2,1H3,(H,19,20). The first-order chi connectivity index (χ1) is 10.8. The molecule has 1 aromatic heterocycles. The predicted octanol–water partition coefficient (Wildman–Crippen LogP) is 3.82. The van der Waals surface area contributed by atoms with Crippen molar-refractivity contribution in [3.05, 3.63) is 54.2 Å². The Hall–Kier alpha value is -2.75. The molecule has 0 bridgehead atoms. The van der Waals surface area contributed by atoms with Crippen LogP contribution in [0.3, 0.4) is 0 Å². The maximum absolute atomic E-state index is 5.69. The second kappa shape index (κ2) is 5.22. The molecule has 110 valence electrons. The van der Waals surface area contributed by atoms with Crippen LogP contribution in [0.2, 0.25) is 0 Å². The van der Waals surface area contributed by atoms with Gasteiger partial charge in [0.2, 0.25) is 0 Å². The van der Waals surface area contributed by atoms with Crippen molar-refractivity contribution >= 4 is 0 Å². The van der Waals surface area contributed by atoms with Gasteiger partial charge in [-0.1, -0.05) is 36.4 Å². The van der Waals surface area contributed by atoms with Gasteiger partial charge in [-0.05, 0) is 24.6 Å². The van der Waals surface area contributed by atoms with Crippen molar-refractivity contribution in [2.24, 2.45) is 0 Å². The number of aryl methyl sites for hydroxylation is 1. The molecule has 1 N–H and O–H groups in total. The average molecular weight is 292 g/mol. The molecule has 3 aromatic rings. The SMILES string of the molecule is Cc1[nH]nc(-c2ccccc2)c1-c1ccc2c(c1)OCCO2. The number of hydrogen-bond donors (Lipinski definition) is 1. The lowest BCUT2D eigenvalue weighted by atomic mass is 9.99. The largest absolute Gasteiger partial charge is 0.486 e. The molecule has 0 spiro atoms. The van der Waals surface area contributed by atoms with E-state index in [9.17, 15) is 0 Å². The highest BCUT2D eigenvalue weighted by Crippen LogP contribution is 2.38. The van der Waals surface area contributed by atoms with Crippen LogP contribution in [0.1, 0.15) is 5.69 Å². The number of ether oxygens (including phenoxy) is 2. The Labute approximate surface area is 128 Å². The van der Waals surface area contributed by atoms with E-state index in [1.165, 1.54) is 0 Å². The second-order valence-electron chi connectivity index (χ2n) is 5.30. The first-order valence-electron chi connectivity index (χ1n) is 7.33. The molecule has 4 nitrogen and oxygen atoms in total. The van der Waals surface area contributed by atoms with Gasteiger partial charge in [-0.15, -0.1) is 0 Å². The summed E-state index contributed by atoms with van der Waals surface area (Å²) in [5.41, 5.74) is 5.26. The van der Waals surface area contributed by atoms with Gasteiger partial charge in [0.05, 0.1) is 0 Å². The van der Waals surface area contributed by atoms with E-state index >= 15 is 0 Å². The average Bonchev–Trinajstić information content (AvgIpc) is 2.97. The van der Waals surface area contributed by atoms with Gasteiger partial charge in [-0.2, -0.15) is 5.10 Å². The maximum Gasteiger partial charge on any atom is 0.161 e. The predicted molar refractivity (Wildman–Crippen MR) is 85.2 cm³/mol. The molecular formula is C18H16N2O2. The van der Waals surface area contributed by atoms with Crippen molar-refractivity contribution in [3.8, 4) is 33.9 Å². The van der Waals surface area contributed by atoms with Crippen LogP contribution in [-0.2, 0) is 0 Å². The van der Waals surface area contributed by atoms with Crippen LogP contribution in [0, 0.1) is 6.92 Å². The number of aromatic amines is 1. The third-order valence-electron chi connectivity index (χ3n) is 3.83. The van der Waals surface area contributed by atoms with E-state index in [0.29, 0.717) is 13.2 Å². The fourth-order valence-corrected chi connectivity index (χ4v) is 2.79. The number of aromatic nitrogens is 2. The van der Waals surface area contributed by atoms with Crippen LogP contribution in [0.4, 0.5) is 0 Å². The molecule has 2 heterocycles. The minimum atomic E-state index is 0.590. The van der Waals surface area contributed by atoms with Crippen molar-refractivity contribution in [3.63, 3.8) is 0 Å². The highest BCUT2D eigenvalue weighted by molar-refractivity contribution is 5.83. The molecule has 0 amide bonds. The Bertz CT molecular complexity index is 809. The van der Waals surface area contributed by atoms with Gasteiger partial charge in [0.1, 0.15) is 18.9 Å². The summed E-state index contributed by atoms with van der Waals surface area (Å²) in [6, 6.07) is 16.2. The van der Waals surface area contributed by atoms with Crippen molar-refractivity contribution in [2.45, 2.75) is 6.92 Å². The van der Waals surface area contributed by atoms with Crippen LogP contribution in [0.5, 0.6) is 11.5 Å². The Morgan fingerprint density at radius 2 is 1.68 bits per heavy atom. The Kier molecular flexibility index (Phi) is 3.07.